The van der Waals surface area contributed by atoms with Crippen LogP contribution in [0.5, 0.6) is 5.75 Å². The van der Waals surface area contributed by atoms with Crippen LogP contribution in [0.2, 0.25) is 0 Å². The molecule has 2 aromatic rings. The van der Waals surface area contributed by atoms with E-state index in [9.17, 15) is 0 Å². The van der Waals surface area contributed by atoms with E-state index < -0.39 is 0 Å². The number of rotatable bonds is 2. The SMILES string of the molecule is COc1cccn2nc(C3CC3)nc12. The highest BCUT2D eigenvalue weighted by atomic mass is 16.5. The highest BCUT2D eigenvalue weighted by molar-refractivity contribution is 5.52. The first-order valence-electron chi connectivity index (χ1n) is 4.78. The molecule has 0 amide bonds. The molecule has 1 aliphatic rings. The summed E-state index contributed by atoms with van der Waals surface area (Å²) in [7, 11) is 1.65. The first-order valence-corrected chi connectivity index (χ1v) is 4.78. The second-order valence-electron chi connectivity index (χ2n) is 3.59. The van der Waals surface area contributed by atoms with Crippen molar-refractivity contribution < 1.29 is 4.74 Å². The summed E-state index contributed by atoms with van der Waals surface area (Å²) in [5.41, 5.74) is 0.817. The van der Waals surface area contributed by atoms with Gasteiger partial charge in [0.1, 0.15) is 0 Å². The fourth-order valence-corrected chi connectivity index (χ4v) is 1.57. The summed E-state index contributed by atoms with van der Waals surface area (Å²) in [4.78, 5) is 4.47. The van der Waals surface area contributed by atoms with Gasteiger partial charge in [-0.05, 0) is 25.0 Å². The number of aromatic nitrogens is 3. The van der Waals surface area contributed by atoms with Gasteiger partial charge in [0.2, 0.25) is 0 Å². The molecule has 4 heteroatoms. The lowest BCUT2D eigenvalue weighted by atomic mass is 10.4. The zero-order chi connectivity index (χ0) is 9.54. The number of fused-ring (bicyclic) bond motifs is 1. The number of methoxy groups -OCH3 is 1. The zero-order valence-electron chi connectivity index (χ0n) is 7.97. The summed E-state index contributed by atoms with van der Waals surface area (Å²) in [6, 6.07) is 3.82. The van der Waals surface area contributed by atoms with Crippen LogP contribution in [0.4, 0.5) is 0 Å². The van der Waals surface area contributed by atoms with Crippen LogP contribution in [0, 0.1) is 0 Å². The van der Waals surface area contributed by atoms with Crippen molar-refractivity contribution in [3.05, 3.63) is 24.2 Å². The van der Waals surface area contributed by atoms with Gasteiger partial charge in [0.25, 0.3) is 0 Å². The summed E-state index contributed by atoms with van der Waals surface area (Å²) < 4.78 is 7.00. The van der Waals surface area contributed by atoms with Gasteiger partial charge in [-0.15, -0.1) is 0 Å². The molecule has 0 radical (unpaired) electrons. The molecule has 0 atom stereocenters. The zero-order valence-corrected chi connectivity index (χ0v) is 7.97. The second kappa shape index (κ2) is 2.70. The van der Waals surface area contributed by atoms with Crippen LogP contribution in [0.1, 0.15) is 24.6 Å². The Bertz CT molecular complexity index is 473. The van der Waals surface area contributed by atoms with Gasteiger partial charge in [-0.25, -0.2) is 9.50 Å². The molecule has 0 bridgehead atoms. The van der Waals surface area contributed by atoms with Gasteiger partial charge < -0.3 is 4.74 Å². The van der Waals surface area contributed by atoms with E-state index in [4.69, 9.17) is 4.74 Å². The van der Waals surface area contributed by atoms with Crippen LogP contribution in [0.25, 0.3) is 5.65 Å². The van der Waals surface area contributed by atoms with E-state index in [0.29, 0.717) is 5.92 Å². The number of hydrogen-bond acceptors (Lipinski definition) is 3. The largest absolute Gasteiger partial charge is 0.493 e. The standard InChI is InChI=1S/C10H11N3O/c1-14-8-3-2-6-13-10(8)11-9(12-13)7-4-5-7/h2-3,6-7H,4-5H2,1H3. The van der Waals surface area contributed by atoms with Gasteiger partial charge >= 0.3 is 0 Å². The normalized spacial score (nSPS) is 16.1. The summed E-state index contributed by atoms with van der Waals surface area (Å²) >= 11 is 0. The minimum Gasteiger partial charge on any atom is -0.493 e. The van der Waals surface area contributed by atoms with Crippen molar-refractivity contribution >= 4 is 5.65 Å². The molecule has 0 unspecified atom stereocenters. The molecule has 4 nitrogen and oxygen atoms in total. The monoisotopic (exact) mass is 189 g/mol. The molecule has 0 N–H and O–H groups in total. The Hall–Kier alpha value is -1.58. The lowest BCUT2D eigenvalue weighted by molar-refractivity contribution is 0.416. The Kier molecular flexibility index (Phi) is 1.50. The van der Waals surface area contributed by atoms with E-state index in [1.165, 1.54) is 12.8 Å². The Balaban J connectivity index is 2.20. The lowest BCUT2D eigenvalue weighted by Gasteiger charge is -1.98. The molecule has 0 aliphatic heterocycles. The quantitative estimate of drug-likeness (QED) is 0.720. The van der Waals surface area contributed by atoms with Gasteiger partial charge in [0.15, 0.2) is 17.2 Å². The molecule has 1 fully saturated rings. The van der Waals surface area contributed by atoms with E-state index in [-0.39, 0.29) is 0 Å². The first-order chi connectivity index (χ1) is 6.88. The van der Waals surface area contributed by atoms with E-state index in [1.54, 1.807) is 11.6 Å². The van der Waals surface area contributed by atoms with E-state index in [1.807, 2.05) is 18.3 Å². The Labute approximate surface area is 81.5 Å². The fourth-order valence-electron chi connectivity index (χ4n) is 1.57. The van der Waals surface area contributed by atoms with Crippen LogP contribution in [-0.2, 0) is 0 Å². The van der Waals surface area contributed by atoms with Gasteiger partial charge in [-0.3, -0.25) is 0 Å². The van der Waals surface area contributed by atoms with Gasteiger partial charge in [0.05, 0.1) is 7.11 Å². The number of nitrogens with zero attached hydrogens (tertiary/aromatic N) is 3. The van der Waals surface area contributed by atoms with Crippen LogP contribution in [0.15, 0.2) is 18.3 Å². The van der Waals surface area contributed by atoms with Gasteiger partial charge in [-0.2, -0.15) is 5.10 Å². The van der Waals surface area contributed by atoms with E-state index in [2.05, 4.69) is 10.1 Å². The molecule has 2 heterocycles. The maximum atomic E-state index is 5.22. The fraction of sp³-hybridized carbons (Fsp3) is 0.400. The minimum absolute atomic E-state index is 0.583. The van der Waals surface area contributed by atoms with Crippen LogP contribution < -0.4 is 4.74 Å². The summed E-state index contributed by atoms with van der Waals surface area (Å²) in [5.74, 6) is 2.32. The summed E-state index contributed by atoms with van der Waals surface area (Å²) in [6.07, 6.45) is 4.34. The average molecular weight is 189 g/mol. The highest BCUT2D eigenvalue weighted by Gasteiger charge is 2.28. The molecular formula is C10H11N3O. The molecule has 2 aromatic heterocycles. The lowest BCUT2D eigenvalue weighted by Crippen LogP contribution is -1.90. The summed E-state index contributed by atoms with van der Waals surface area (Å²) in [5, 5.41) is 4.41. The molecule has 14 heavy (non-hydrogen) atoms. The van der Waals surface area contributed by atoms with Crippen molar-refractivity contribution in [2.75, 3.05) is 7.11 Å². The maximum absolute atomic E-state index is 5.22. The van der Waals surface area contributed by atoms with Gasteiger partial charge in [0, 0.05) is 12.1 Å². The van der Waals surface area contributed by atoms with Crippen LogP contribution >= 0.6 is 0 Å². The number of hydrogen-bond donors (Lipinski definition) is 0. The first kappa shape index (κ1) is 7.79. The van der Waals surface area contributed by atoms with E-state index >= 15 is 0 Å². The van der Waals surface area contributed by atoms with Crippen molar-refractivity contribution in [1.29, 1.82) is 0 Å². The van der Waals surface area contributed by atoms with Crippen molar-refractivity contribution in [3.8, 4) is 5.75 Å². The van der Waals surface area contributed by atoms with Crippen molar-refractivity contribution in [2.45, 2.75) is 18.8 Å². The molecule has 0 saturated heterocycles. The molecule has 1 saturated carbocycles. The van der Waals surface area contributed by atoms with Crippen molar-refractivity contribution in [1.82, 2.24) is 14.6 Å². The molecule has 3 rings (SSSR count). The third-order valence-corrected chi connectivity index (χ3v) is 2.51. The predicted molar refractivity (Wildman–Crippen MR) is 51.5 cm³/mol. The predicted octanol–water partition coefficient (Wildman–Crippen LogP) is 1.62. The molecule has 0 spiro atoms. The average Bonchev–Trinajstić information content (AvgIpc) is 2.97. The topological polar surface area (TPSA) is 39.4 Å². The third kappa shape index (κ3) is 1.07. The molecule has 0 aromatic carbocycles. The third-order valence-electron chi connectivity index (χ3n) is 2.51. The minimum atomic E-state index is 0.583. The Morgan fingerprint density at radius 1 is 1.50 bits per heavy atom. The number of ether oxygens (including phenoxy) is 1. The van der Waals surface area contributed by atoms with Gasteiger partial charge in [-0.1, -0.05) is 0 Å². The van der Waals surface area contributed by atoms with Crippen LogP contribution in [0.3, 0.4) is 0 Å². The maximum Gasteiger partial charge on any atom is 0.198 e. The molecule has 1 aliphatic carbocycles. The van der Waals surface area contributed by atoms with E-state index in [0.717, 1.165) is 17.2 Å². The Morgan fingerprint density at radius 3 is 3.07 bits per heavy atom. The number of pyridine rings is 1. The molecular weight excluding hydrogens is 178 g/mol. The Morgan fingerprint density at radius 2 is 2.36 bits per heavy atom. The van der Waals surface area contributed by atoms with Crippen LogP contribution in [-0.4, -0.2) is 21.7 Å². The highest BCUT2D eigenvalue weighted by Crippen LogP contribution is 2.38. The summed E-state index contributed by atoms with van der Waals surface area (Å²) in [6.45, 7) is 0. The second-order valence-corrected chi connectivity index (χ2v) is 3.59. The smallest absolute Gasteiger partial charge is 0.198 e. The van der Waals surface area contributed by atoms with Crippen molar-refractivity contribution in [3.63, 3.8) is 0 Å². The van der Waals surface area contributed by atoms with Crippen molar-refractivity contribution in [2.24, 2.45) is 0 Å². The molecule has 72 valence electrons.